The Morgan fingerprint density at radius 2 is 2.29 bits per heavy atom. The SMILES string of the molecule is CCCCCCOCC(O)CNC1CCOC1. The van der Waals surface area contributed by atoms with Crippen molar-refractivity contribution in [2.45, 2.75) is 51.2 Å². The molecule has 0 radical (unpaired) electrons. The Kier molecular flexibility index (Phi) is 8.61. The molecule has 4 heteroatoms. The molecule has 1 aliphatic rings. The van der Waals surface area contributed by atoms with Crippen molar-refractivity contribution in [3.05, 3.63) is 0 Å². The van der Waals surface area contributed by atoms with Crippen LogP contribution in [0.1, 0.15) is 39.0 Å². The summed E-state index contributed by atoms with van der Waals surface area (Å²) in [5.74, 6) is 0. The highest BCUT2D eigenvalue weighted by atomic mass is 16.5. The van der Waals surface area contributed by atoms with E-state index in [1.54, 1.807) is 0 Å². The van der Waals surface area contributed by atoms with Gasteiger partial charge in [0.2, 0.25) is 0 Å². The molecule has 0 aliphatic carbocycles. The number of hydrogen-bond acceptors (Lipinski definition) is 4. The minimum absolute atomic E-state index is 0.401. The molecule has 1 rings (SSSR count). The number of aliphatic hydroxyl groups is 1. The molecule has 102 valence electrons. The lowest BCUT2D eigenvalue weighted by Gasteiger charge is -2.15. The maximum Gasteiger partial charge on any atom is 0.0897 e. The van der Waals surface area contributed by atoms with E-state index in [9.17, 15) is 5.11 Å². The molecule has 0 saturated carbocycles. The molecular formula is C13H27NO3. The molecular weight excluding hydrogens is 218 g/mol. The van der Waals surface area contributed by atoms with Crippen molar-refractivity contribution in [3.63, 3.8) is 0 Å². The van der Waals surface area contributed by atoms with Gasteiger partial charge in [0.05, 0.1) is 19.3 Å². The number of unbranched alkanes of at least 4 members (excludes halogenated alkanes) is 3. The fraction of sp³-hybridized carbons (Fsp3) is 1.00. The zero-order valence-electron chi connectivity index (χ0n) is 11.0. The molecule has 1 fully saturated rings. The van der Waals surface area contributed by atoms with E-state index in [0.717, 1.165) is 32.7 Å². The molecule has 0 aromatic heterocycles. The molecule has 2 N–H and O–H groups in total. The molecule has 2 atom stereocenters. The van der Waals surface area contributed by atoms with Crippen LogP contribution < -0.4 is 5.32 Å². The van der Waals surface area contributed by atoms with E-state index >= 15 is 0 Å². The van der Waals surface area contributed by atoms with Gasteiger partial charge in [-0.15, -0.1) is 0 Å². The molecule has 17 heavy (non-hydrogen) atoms. The van der Waals surface area contributed by atoms with Crippen molar-refractivity contribution >= 4 is 0 Å². The van der Waals surface area contributed by atoms with Crippen LogP contribution in [-0.4, -0.2) is 50.2 Å². The van der Waals surface area contributed by atoms with E-state index in [2.05, 4.69) is 12.2 Å². The summed E-state index contributed by atoms with van der Waals surface area (Å²) in [5.41, 5.74) is 0. The summed E-state index contributed by atoms with van der Waals surface area (Å²) in [7, 11) is 0. The first kappa shape index (κ1) is 14.9. The van der Waals surface area contributed by atoms with Gasteiger partial charge >= 0.3 is 0 Å². The highest BCUT2D eigenvalue weighted by molar-refractivity contribution is 4.72. The van der Waals surface area contributed by atoms with Crippen molar-refractivity contribution < 1.29 is 14.6 Å². The van der Waals surface area contributed by atoms with Gasteiger partial charge in [-0.2, -0.15) is 0 Å². The van der Waals surface area contributed by atoms with Crippen LogP contribution in [0.2, 0.25) is 0 Å². The van der Waals surface area contributed by atoms with E-state index in [0.29, 0.717) is 19.2 Å². The Bertz CT molecular complexity index is 172. The third kappa shape index (κ3) is 7.71. The molecule has 1 saturated heterocycles. The first-order chi connectivity index (χ1) is 8.33. The number of hydrogen-bond donors (Lipinski definition) is 2. The third-order valence-electron chi connectivity index (χ3n) is 3.02. The average molecular weight is 245 g/mol. The number of ether oxygens (including phenoxy) is 2. The Balaban J connectivity index is 1.85. The van der Waals surface area contributed by atoms with Crippen LogP contribution in [0.3, 0.4) is 0 Å². The molecule has 4 nitrogen and oxygen atoms in total. The van der Waals surface area contributed by atoms with E-state index < -0.39 is 6.10 Å². The molecule has 0 aromatic rings. The van der Waals surface area contributed by atoms with Crippen LogP contribution in [-0.2, 0) is 9.47 Å². The lowest BCUT2D eigenvalue weighted by atomic mass is 10.2. The highest BCUT2D eigenvalue weighted by Gasteiger charge is 2.15. The van der Waals surface area contributed by atoms with Gasteiger partial charge in [0.25, 0.3) is 0 Å². The van der Waals surface area contributed by atoms with Gasteiger partial charge in [-0.3, -0.25) is 0 Å². The molecule has 0 aromatic carbocycles. The number of aliphatic hydroxyl groups excluding tert-OH is 1. The largest absolute Gasteiger partial charge is 0.389 e. The maximum absolute atomic E-state index is 9.68. The fourth-order valence-electron chi connectivity index (χ4n) is 1.91. The fourth-order valence-corrected chi connectivity index (χ4v) is 1.91. The standard InChI is InChI=1S/C13H27NO3/c1-2-3-4-5-7-16-11-13(15)9-14-12-6-8-17-10-12/h12-15H,2-11H2,1H3. The predicted octanol–water partition coefficient (Wildman–Crippen LogP) is 1.32. The van der Waals surface area contributed by atoms with E-state index in [4.69, 9.17) is 9.47 Å². The van der Waals surface area contributed by atoms with E-state index in [1.165, 1.54) is 19.3 Å². The van der Waals surface area contributed by atoms with Crippen molar-refractivity contribution in [3.8, 4) is 0 Å². The van der Waals surface area contributed by atoms with Crippen molar-refractivity contribution in [2.75, 3.05) is 33.0 Å². The van der Waals surface area contributed by atoms with Crippen LogP contribution in [0.4, 0.5) is 0 Å². The van der Waals surface area contributed by atoms with Crippen LogP contribution >= 0.6 is 0 Å². The highest BCUT2D eigenvalue weighted by Crippen LogP contribution is 2.03. The summed E-state index contributed by atoms with van der Waals surface area (Å²) in [6, 6.07) is 0.411. The molecule has 0 bridgehead atoms. The minimum Gasteiger partial charge on any atom is -0.389 e. The molecule has 0 amide bonds. The molecule has 0 spiro atoms. The Morgan fingerprint density at radius 1 is 1.41 bits per heavy atom. The second-order valence-corrected chi connectivity index (χ2v) is 4.76. The summed E-state index contributed by atoms with van der Waals surface area (Å²) < 4.78 is 10.7. The van der Waals surface area contributed by atoms with Gasteiger partial charge in [-0.25, -0.2) is 0 Å². The number of rotatable bonds is 10. The summed E-state index contributed by atoms with van der Waals surface area (Å²) in [4.78, 5) is 0. The predicted molar refractivity (Wildman–Crippen MR) is 68.2 cm³/mol. The van der Waals surface area contributed by atoms with Gasteiger partial charge in [0, 0.05) is 25.8 Å². The zero-order chi connectivity index (χ0) is 12.3. The van der Waals surface area contributed by atoms with E-state index in [-0.39, 0.29) is 0 Å². The van der Waals surface area contributed by atoms with Crippen molar-refractivity contribution in [1.82, 2.24) is 5.32 Å². The Labute approximate surface area is 105 Å². The summed E-state index contributed by atoms with van der Waals surface area (Å²) in [5, 5.41) is 13.0. The summed E-state index contributed by atoms with van der Waals surface area (Å²) >= 11 is 0. The smallest absolute Gasteiger partial charge is 0.0897 e. The van der Waals surface area contributed by atoms with Crippen LogP contribution in [0.25, 0.3) is 0 Å². The topological polar surface area (TPSA) is 50.7 Å². The quantitative estimate of drug-likeness (QED) is 0.570. The second-order valence-electron chi connectivity index (χ2n) is 4.76. The summed E-state index contributed by atoms with van der Waals surface area (Å²) in [6.45, 7) is 5.61. The lowest BCUT2D eigenvalue weighted by molar-refractivity contribution is 0.0339. The Hall–Kier alpha value is -0.160. The Morgan fingerprint density at radius 3 is 3.00 bits per heavy atom. The van der Waals surface area contributed by atoms with Gasteiger partial charge in [0.15, 0.2) is 0 Å². The van der Waals surface area contributed by atoms with Gasteiger partial charge < -0.3 is 19.9 Å². The lowest BCUT2D eigenvalue weighted by Crippen LogP contribution is -2.37. The van der Waals surface area contributed by atoms with Crippen molar-refractivity contribution in [1.29, 1.82) is 0 Å². The monoisotopic (exact) mass is 245 g/mol. The van der Waals surface area contributed by atoms with Crippen molar-refractivity contribution in [2.24, 2.45) is 0 Å². The van der Waals surface area contributed by atoms with Gasteiger partial charge in [0.1, 0.15) is 0 Å². The molecule has 1 heterocycles. The minimum atomic E-state index is -0.401. The number of nitrogens with one attached hydrogen (secondary N) is 1. The second kappa shape index (κ2) is 9.83. The zero-order valence-corrected chi connectivity index (χ0v) is 11.0. The maximum atomic E-state index is 9.68. The van der Waals surface area contributed by atoms with Crippen LogP contribution in [0.5, 0.6) is 0 Å². The third-order valence-corrected chi connectivity index (χ3v) is 3.02. The first-order valence-electron chi connectivity index (χ1n) is 6.90. The first-order valence-corrected chi connectivity index (χ1v) is 6.90. The normalized spacial score (nSPS) is 21.9. The van der Waals surface area contributed by atoms with Gasteiger partial charge in [-0.05, 0) is 12.8 Å². The molecule has 1 aliphatic heterocycles. The van der Waals surface area contributed by atoms with Gasteiger partial charge in [-0.1, -0.05) is 26.2 Å². The average Bonchev–Trinajstić information content (AvgIpc) is 2.84. The molecule has 2 unspecified atom stereocenters. The van der Waals surface area contributed by atoms with E-state index in [1.807, 2.05) is 0 Å². The summed E-state index contributed by atoms with van der Waals surface area (Å²) in [6.07, 6.45) is 5.49. The van der Waals surface area contributed by atoms with Crippen LogP contribution in [0.15, 0.2) is 0 Å². The van der Waals surface area contributed by atoms with Crippen LogP contribution in [0, 0.1) is 0 Å².